The maximum Gasteiger partial charge on any atom is 0.328 e. The molecule has 0 rings (SSSR count). The van der Waals surface area contributed by atoms with Gasteiger partial charge in [0.1, 0.15) is 18.1 Å². The van der Waals surface area contributed by atoms with E-state index in [9.17, 15) is 34.5 Å². The first-order valence-corrected chi connectivity index (χ1v) is 9.68. The van der Waals surface area contributed by atoms with Gasteiger partial charge < -0.3 is 42.1 Å². The quantitative estimate of drug-likeness (QED) is 0.157. The Balaban J connectivity index is 5.51. The Bertz CT molecular complexity index is 611. The number of aliphatic hydroxyl groups is 3. The number of hydrogen-bond donors (Lipinski definition) is 8. The molecule has 0 radical (unpaired) electrons. The van der Waals surface area contributed by atoms with Crippen LogP contribution in [0.2, 0.25) is 0 Å². The monoisotopic (exact) mass is 434 g/mol. The molecule has 0 spiro atoms. The van der Waals surface area contributed by atoms with Crippen LogP contribution in [0.25, 0.3) is 0 Å². The molecule has 30 heavy (non-hydrogen) atoms. The summed E-state index contributed by atoms with van der Waals surface area (Å²) in [6.07, 6.45) is -3.51. The summed E-state index contributed by atoms with van der Waals surface area (Å²) in [5.74, 6) is -4.52. The fourth-order valence-electron chi connectivity index (χ4n) is 2.45. The number of hydrogen-bond acceptors (Lipinski definition) is 8. The summed E-state index contributed by atoms with van der Waals surface area (Å²) in [5.41, 5.74) is 5.52. The molecule has 9 N–H and O–H groups in total. The predicted molar refractivity (Wildman–Crippen MR) is 106 cm³/mol. The van der Waals surface area contributed by atoms with Gasteiger partial charge in [-0.05, 0) is 26.7 Å². The van der Waals surface area contributed by atoms with Crippen molar-refractivity contribution in [3.05, 3.63) is 0 Å². The number of carboxylic acids is 1. The number of nitrogens with one attached hydrogen (secondary N) is 3. The molecule has 0 saturated heterocycles. The molecule has 174 valence electrons. The molecule has 0 bridgehead atoms. The number of carbonyl (C=O) groups is 4. The summed E-state index contributed by atoms with van der Waals surface area (Å²) in [7, 11) is 0. The highest BCUT2D eigenvalue weighted by Gasteiger charge is 2.35. The van der Waals surface area contributed by atoms with E-state index in [2.05, 4.69) is 16.0 Å². The molecule has 12 nitrogen and oxygen atoms in total. The molecule has 8 atom stereocenters. The van der Waals surface area contributed by atoms with Gasteiger partial charge in [-0.15, -0.1) is 0 Å². The summed E-state index contributed by atoms with van der Waals surface area (Å²) in [5, 5.41) is 44.8. The molecule has 0 aliphatic heterocycles. The average molecular weight is 434 g/mol. The van der Waals surface area contributed by atoms with Gasteiger partial charge in [-0.1, -0.05) is 20.3 Å². The smallest absolute Gasteiger partial charge is 0.328 e. The lowest BCUT2D eigenvalue weighted by Gasteiger charge is -2.29. The Morgan fingerprint density at radius 1 is 0.733 bits per heavy atom. The van der Waals surface area contributed by atoms with Crippen molar-refractivity contribution in [2.75, 3.05) is 0 Å². The second-order valence-corrected chi connectivity index (χ2v) is 7.43. The normalized spacial score (nSPS) is 19.2. The van der Waals surface area contributed by atoms with Gasteiger partial charge in [0.05, 0.1) is 18.3 Å². The lowest BCUT2D eigenvalue weighted by Crippen LogP contribution is -2.62. The zero-order valence-electron chi connectivity index (χ0n) is 17.8. The Kier molecular flexibility index (Phi) is 11.5. The number of rotatable bonds is 12. The van der Waals surface area contributed by atoms with Crippen molar-refractivity contribution in [2.24, 2.45) is 11.7 Å². The van der Waals surface area contributed by atoms with Gasteiger partial charge in [0, 0.05) is 0 Å². The van der Waals surface area contributed by atoms with E-state index in [4.69, 9.17) is 10.8 Å². The van der Waals surface area contributed by atoms with Crippen LogP contribution in [-0.2, 0) is 19.2 Å². The van der Waals surface area contributed by atoms with E-state index in [-0.39, 0.29) is 0 Å². The van der Waals surface area contributed by atoms with Crippen molar-refractivity contribution in [3.8, 4) is 0 Å². The van der Waals surface area contributed by atoms with Gasteiger partial charge in [-0.25, -0.2) is 4.79 Å². The van der Waals surface area contributed by atoms with Crippen LogP contribution in [0.4, 0.5) is 0 Å². The van der Waals surface area contributed by atoms with Crippen LogP contribution in [0, 0.1) is 5.92 Å². The molecule has 0 fully saturated rings. The van der Waals surface area contributed by atoms with Crippen molar-refractivity contribution in [1.82, 2.24) is 16.0 Å². The van der Waals surface area contributed by atoms with Crippen LogP contribution >= 0.6 is 0 Å². The average Bonchev–Trinajstić information content (AvgIpc) is 2.65. The van der Waals surface area contributed by atoms with Gasteiger partial charge in [0.25, 0.3) is 0 Å². The number of carboxylic acid groups (broad SMARTS) is 1. The second-order valence-electron chi connectivity index (χ2n) is 7.43. The van der Waals surface area contributed by atoms with Gasteiger partial charge in [-0.3, -0.25) is 14.4 Å². The number of amides is 3. The molecule has 12 heteroatoms. The van der Waals surface area contributed by atoms with E-state index < -0.39 is 72.1 Å². The van der Waals surface area contributed by atoms with Gasteiger partial charge >= 0.3 is 5.97 Å². The van der Waals surface area contributed by atoms with Crippen LogP contribution in [-0.4, -0.2) is 86.6 Å². The van der Waals surface area contributed by atoms with Crippen LogP contribution < -0.4 is 21.7 Å². The van der Waals surface area contributed by atoms with E-state index in [1.807, 2.05) is 0 Å². The maximum absolute atomic E-state index is 12.7. The van der Waals surface area contributed by atoms with Gasteiger partial charge in [-0.2, -0.15) is 0 Å². The Morgan fingerprint density at radius 2 is 1.13 bits per heavy atom. The minimum absolute atomic E-state index is 0.434. The van der Waals surface area contributed by atoms with Crippen LogP contribution in [0.1, 0.15) is 41.0 Å². The summed E-state index contributed by atoms with van der Waals surface area (Å²) in [6.45, 7) is 7.11. The molecule has 3 amide bonds. The summed E-state index contributed by atoms with van der Waals surface area (Å²) >= 11 is 0. The Morgan fingerprint density at radius 3 is 1.50 bits per heavy atom. The van der Waals surface area contributed by atoms with Crippen LogP contribution in [0.5, 0.6) is 0 Å². The third-order valence-electron chi connectivity index (χ3n) is 4.72. The fourth-order valence-corrected chi connectivity index (χ4v) is 2.45. The molecule has 0 aliphatic rings. The number of carbonyl (C=O) groups excluding carboxylic acids is 3. The molecule has 0 aliphatic carbocycles. The Hall–Kier alpha value is -2.28. The van der Waals surface area contributed by atoms with Crippen molar-refractivity contribution >= 4 is 23.7 Å². The number of aliphatic carboxylic acids is 1. The molecule has 0 heterocycles. The fraction of sp³-hybridized carbons (Fsp3) is 0.778. The highest BCUT2D eigenvalue weighted by atomic mass is 16.4. The van der Waals surface area contributed by atoms with Crippen LogP contribution in [0.3, 0.4) is 0 Å². The summed E-state index contributed by atoms with van der Waals surface area (Å²) in [4.78, 5) is 48.5. The first kappa shape index (κ1) is 27.7. The zero-order valence-corrected chi connectivity index (χ0v) is 17.8. The number of aliphatic hydroxyl groups excluding tert-OH is 3. The lowest BCUT2D eigenvalue weighted by atomic mass is 9.96. The molecule has 0 aromatic rings. The second kappa shape index (κ2) is 12.4. The minimum Gasteiger partial charge on any atom is -0.480 e. The van der Waals surface area contributed by atoms with Crippen molar-refractivity contribution in [3.63, 3.8) is 0 Å². The van der Waals surface area contributed by atoms with Gasteiger partial charge in [0.2, 0.25) is 17.7 Å². The third kappa shape index (κ3) is 8.22. The first-order valence-electron chi connectivity index (χ1n) is 9.68. The predicted octanol–water partition coefficient (Wildman–Crippen LogP) is -2.96. The standard InChI is InChI=1S/C18H34N4O8/c1-6-7(2)12(16(27)22-14(10(5)25)18(29)30)20-17(28)13(9(4)24)21-15(26)11(19)8(3)23/h7-14,23-25H,6,19H2,1-5H3,(H,20,28)(H,21,26)(H,22,27)(H,29,30). The minimum atomic E-state index is -1.59. The van der Waals surface area contributed by atoms with E-state index in [0.29, 0.717) is 6.42 Å². The van der Waals surface area contributed by atoms with Crippen molar-refractivity contribution < 1.29 is 39.6 Å². The first-order chi connectivity index (χ1) is 13.7. The molecular formula is C18H34N4O8. The van der Waals surface area contributed by atoms with E-state index >= 15 is 0 Å². The lowest BCUT2D eigenvalue weighted by molar-refractivity contribution is -0.145. The zero-order chi connectivity index (χ0) is 23.8. The van der Waals surface area contributed by atoms with Crippen molar-refractivity contribution in [1.29, 1.82) is 0 Å². The van der Waals surface area contributed by atoms with Crippen LogP contribution in [0.15, 0.2) is 0 Å². The number of nitrogens with two attached hydrogens (primary N) is 1. The van der Waals surface area contributed by atoms with E-state index in [1.54, 1.807) is 13.8 Å². The largest absolute Gasteiger partial charge is 0.480 e. The summed E-state index contributed by atoms with van der Waals surface area (Å²) in [6, 6.07) is -5.60. The molecule has 8 unspecified atom stereocenters. The SMILES string of the molecule is CCC(C)C(NC(=O)C(NC(=O)C(N)C(C)O)C(C)O)C(=O)NC(C(=O)O)C(C)O. The van der Waals surface area contributed by atoms with E-state index in [1.165, 1.54) is 20.8 Å². The van der Waals surface area contributed by atoms with Crippen molar-refractivity contribution in [2.45, 2.75) is 83.5 Å². The molecule has 0 aromatic carbocycles. The highest BCUT2D eigenvalue weighted by Crippen LogP contribution is 2.10. The summed E-state index contributed by atoms with van der Waals surface area (Å²) < 4.78 is 0. The topological polar surface area (TPSA) is 211 Å². The van der Waals surface area contributed by atoms with E-state index in [0.717, 1.165) is 0 Å². The molecule has 0 saturated carbocycles. The van der Waals surface area contributed by atoms with Gasteiger partial charge in [0.15, 0.2) is 6.04 Å². The third-order valence-corrected chi connectivity index (χ3v) is 4.72. The molecular weight excluding hydrogens is 400 g/mol. The Labute approximate surface area is 175 Å². The molecule has 0 aromatic heterocycles. The maximum atomic E-state index is 12.7. The highest BCUT2D eigenvalue weighted by molar-refractivity contribution is 5.94.